The summed E-state index contributed by atoms with van der Waals surface area (Å²) in [4.78, 5) is 0. The van der Waals surface area contributed by atoms with E-state index in [1.807, 2.05) is 31.2 Å². The molecule has 0 aromatic heterocycles. The fourth-order valence-corrected chi connectivity index (χ4v) is 2.47. The normalized spacial score (nSPS) is 13.2. The van der Waals surface area contributed by atoms with Crippen molar-refractivity contribution >= 4 is 0 Å². The van der Waals surface area contributed by atoms with Gasteiger partial charge in [-0.25, -0.2) is 0 Å². The molecular formula is C17H28O3. The third kappa shape index (κ3) is 5.14. The molecule has 1 aromatic rings. The van der Waals surface area contributed by atoms with Gasteiger partial charge in [0.2, 0.25) is 0 Å². The van der Waals surface area contributed by atoms with Crippen LogP contribution in [0.15, 0.2) is 24.3 Å². The minimum Gasteiger partial charge on any atom is -0.491 e. The van der Waals surface area contributed by atoms with E-state index >= 15 is 0 Å². The SMILES string of the molecule is CCCC(O)(CCC)COc1cccc(C(O)CC)c1. The largest absolute Gasteiger partial charge is 0.491 e. The molecule has 114 valence electrons. The quantitative estimate of drug-likeness (QED) is 0.722. The molecule has 2 N–H and O–H groups in total. The number of aliphatic hydroxyl groups excluding tert-OH is 1. The third-order valence-corrected chi connectivity index (χ3v) is 3.57. The summed E-state index contributed by atoms with van der Waals surface area (Å²) < 4.78 is 5.75. The maximum Gasteiger partial charge on any atom is 0.119 e. The molecule has 0 amide bonds. The number of ether oxygens (including phenoxy) is 1. The first-order chi connectivity index (χ1) is 9.54. The molecule has 0 aliphatic rings. The molecule has 1 aromatic carbocycles. The van der Waals surface area contributed by atoms with Crippen LogP contribution in [0.1, 0.15) is 64.5 Å². The molecule has 20 heavy (non-hydrogen) atoms. The van der Waals surface area contributed by atoms with Crippen LogP contribution >= 0.6 is 0 Å². The molecule has 0 spiro atoms. The number of aliphatic hydroxyl groups is 2. The number of hydrogen-bond acceptors (Lipinski definition) is 3. The van der Waals surface area contributed by atoms with Crippen molar-refractivity contribution in [3.8, 4) is 5.75 Å². The van der Waals surface area contributed by atoms with E-state index in [0.717, 1.165) is 31.2 Å². The van der Waals surface area contributed by atoms with Crippen molar-refractivity contribution in [1.82, 2.24) is 0 Å². The molecule has 0 heterocycles. The van der Waals surface area contributed by atoms with Gasteiger partial charge in [-0.05, 0) is 37.0 Å². The molecule has 0 bridgehead atoms. The van der Waals surface area contributed by atoms with Crippen molar-refractivity contribution in [1.29, 1.82) is 0 Å². The van der Waals surface area contributed by atoms with Crippen molar-refractivity contribution < 1.29 is 14.9 Å². The fourth-order valence-electron chi connectivity index (χ4n) is 2.47. The molecule has 1 unspecified atom stereocenters. The Kier molecular flexibility index (Phi) is 7.03. The zero-order valence-corrected chi connectivity index (χ0v) is 12.9. The van der Waals surface area contributed by atoms with Crippen LogP contribution in [0.25, 0.3) is 0 Å². The highest BCUT2D eigenvalue weighted by Gasteiger charge is 2.25. The van der Waals surface area contributed by atoms with Crippen LogP contribution in [0.2, 0.25) is 0 Å². The summed E-state index contributed by atoms with van der Waals surface area (Å²) in [6.45, 7) is 6.39. The molecule has 0 aliphatic carbocycles. The van der Waals surface area contributed by atoms with Crippen LogP contribution in [-0.4, -0.2) is 22.4 Å². The highest BCUT2D eigenvalue weighted by atomic mass is 16.5. The smallest absolute Gasteiger partial charge is 0.119 e. The summed E-state index contributed by atoms with van der Waals surface area (Å²) in [5, 5.41) is 20.4. The van der Waals surface area contributed by atoms with E-state index in [-0.39, 0.29) is 0 Å². The summed E-state index contributed by atoms with van der Waals surface area (Å²) in [5.41, 5.74) is 0.114. The Morgan fingerprint density at radius 2 is 1.80 bits per heavy atom. The number of hydrogen-bond donors (Lipinski definition) is 2. The van der Waals surface area contributed by atoms with Gasteiger partial charge in [-0.15, -0.1) is 0 Å². The lowest BCUT2D eigenvalue weighted by atomic mass is 9.94. The van der Waals surface area contributed by atoms with Crippen molar-refractivity contribution in [2.24, 2.45) is 0 Å². The van der Waals surface area contributed by atoms with Gasteiger partial charge in [-0.1, -0.05) is 45.7 Å². The summed E-state index contributed by atoms with van der Waals surface area (Å²) >= 11 is 0. The van der Waals surface area contributed by atoms with E-state index in [1.165, 1.54) is 0 Å². The van der Waals surface area contributed by atoms with Gasteiger partial charge in [0.05, 0.1) is 11.7 Å². The Morgan fingerprint density at radius 3 is 2.35 bits per heavy atom. The molecule has 0 radical (unpaired) electrons. The molecule has 1 atom stereocenters. The van der Waals surface area contributed by atoms with Gasteiger partial charge in [0.1, 0.15) is 12.4 Å². The Hall–Kier alpha value is -1.06. The van der Waals surface area contributed by atoms with Crippen LogP contribution in [0, 0.1) is 0 Å². The third-order valence-electron chi connectivity index (χ3n) is 3.57. The molecule has 1 rings (SSSR count). The predicted molar refractivity (Wildman–Crippen MR) is 82.0 cm³/mol. The summed E-state index contributed by atoms with van der Waals surface area (Å²) in [6, 6.07) is 7.49. The van der Waals surface area contributed by atoms with Crippen LogP contribution in [0.3, 0.4) is 0 Å². The van der Waals surface area contributed by atoms with Crippen molar-refractivity contribution in [3.05, 3.63) is 29.8 Å². The topological polar surface area (TPSA) is 49.7 Å². The lowest BCUT2D eigenvalue weighted by Crippen LogP contribution is -2.35. The van der Waals surface area contributed by atoms with Gasteiger partial charge in [0.15, 0.2) is 0 Å². The van der Waals surface area contributed by atoms with Gasteiger partial charge in [-0.3, -0.25) is 0 Å². The van der Waals surface area contributed by atoms with Crippen molar-refractivity contribution in [2.75, 3.05) is 6.61 Å². The minimum atomic E-state index is -0.747. The Balaban J connectivity index is 2.68. The maximum absolute atomic E-state index is 10.5. The fraction of sp³-hybridized carbons (Fsp3) is 0.647. The van der Waals surface area contributed by atoms with Crippen LogP contribution < -0.4 is 4.74 Å². The molecule has 0 saturated heterocycles. The first kappa shape index (κ1) is 17.0. The molecule has 0 saturated carbocycles. The maximum atomic E-state index is 10.5. The highest BCUT2D eigenvalue weighted by Crippen LogP contribution is 2.24. The number of rotatable bonds is 9. The van der Waals surface area contributed by atoms with Crippen molar-refractivity contribution in [2.45, 2.75) is 64.6 Å². The first-order valence-electron chi connectivity index (χ1n) is 7.67. The van der Waals surface area contributed by atoms with Crippen LogP contribution in [-0.2, 0) is 0 Å². The van der Waals surface area contributed by atoms with Crippen molar-refractivity contribution in [3.63, 3.8) is 0 Å². The van der Waals surface area contributed by atoms with Gasteiger partial charge in [0, 0.05) is 0 Å². The lowest BCUT2D eigenvalue weighted by Gasteiger charge is -2.27. The van der Waals surface area contributed by atoms with Crippen LogP contribution in [0.5, 0.6) is 5.75 Å². The average Bonchev–Trinajstić information content (AvgIpc) is 2.45. The predicted octanol–water partition coefficient (Wildman–Crippen LogP) is 3.84. The summed E-state index contributed by atoms with van der Waals surface area (Å²) in [5.74, 6) is 0.709. The van der Waals surface area contributed by atoms with Gasteiger partial charge in [-0.2, -0.15) is 0 Å². The first-order valence-corrected chi connectivity index (χ1v) is 7.67. The highest BCUT2D eigenvalue weighted by molar-refractivity contribution is 5.29. The zero-order valence-electron chi connectivity index (χ0n) is 12.9. The standard InChI is InChI=1S/C17H28O3/c1-4-10-17(19,11-5-2)13-20-15-9-7-8-14(12-15)16(18)6-3/h7-9,12,16,18-19H,4-6,10-11,13H2,1-3H3. The lowest BCUT2D eigenvalue weighted by molar-refractivity contribution is -0.0202. The monoisotopic (exact) mass is 280 g/mol. The molecule has 0 fully saturated rings. The van der Waals surface area contributed by atoms with E-state index < -0.39 is 11.7 Å². The average molecular weight is 280 g/mol. The Labute approximate surface area is 122 Å². The number of benzene rings is 1. The van der Waals surface area contributed by atoms with E-state index in [0.29, 0.717) is 18.8 Å². The van der Waals surface area contributed by atoms with E-state index in [9.17, 15) is 10.2 Å². The molecular weight excluding hydrogens is 252 g/mol. The summed E-state index contributed by atoms with van der Waals surface area (Å²) in [6.07, 6.45) is 3.60. The second kappa shape index (κ2) is 8.28. The van der Waals surface area contributed by atoms with Gasteiger partial charge >= 0.3 is 0 Å². The Bertz CT molecular complexity index is 384. The van der Waals surface area contributed by atoms with E-state index in [2.05, 4.69) is 13.8 Å². The van der Waals surface area contributed by atoms with Gasteiger partial charge < -0.3 is 14.9 Å². The zero-order chi connectivity index (χ0) is 15.0. The second-order valence-electron chi connectivity index (χ2n) is 5.51. The van der Waals surface area contributed by atoms with Gasteiger partial charge in [0.25, 0.3) is 0 Å². The van der Waals surface area contributed by atoms with Crippen LogP contribution in [0.4, 0.5) is 0 Å². The Morgan fingerprint density at radius 1 is 1.15 bits per heavy atom. The van der Waals surface area contributed by atoms with E-state index in [1.54, 1.807) is 0 Å². The second-order valence-corrected chi connectivity index (χ2v) is 5.51. The van der Waals surface area contributed by atoms with E-state index in [4.69, 9.17) is 4.74 Å². The minimum absolute atomic E-state index is 0.306. The summed E-state index contributed by atoms with van der Waals surface area (Å²) in [7, 11) is 0. The molecule has 0 aliphatic heterocycles. The molecule has 3 nitrogen and oxygen atoms in total. The molecule has 3 heteroatoms.